The molecule has 4 rings (SSSR count). The summed E-state index contributed by atoms with van der Waals surface area (Å²) in [6.45, 7) is 5.48. The molecule has 0 unspecified atom stereocenters. The third-order valence-electron chi connectivity index (χ3n) is 7.06. The van der Waals surface area contributed by atoms with Crippen molar-refractivity contribution in [3.05, 3.63) is 59.9 Å². The minimum Gasteiger partial charge on any atom is -0.488 e. The first-order valence-corrected chi connectivity index (χ1v) is 14.7. The summed E-state index contributed by atoms with van der Waals surface area (Å²) in [5, 5.41) is 23.3. The molecule has 0 saturated heterocycles. The summed E-state index contributed by atoms with van der Waals surface area (Å²) < 4.78 is 35.6. The lowest BCUT2D eigenvalue weighted by Crippen LogP contribution is -2.48. The molecule has 0 spiro atoms. The Bertz CT molecular complexity index is 1460. The highest BCUT2D eigenvalue weighted by atomic mass is 32.2. The molecule has 0 aliphatic carbocycles. The van der Waals surface area contributed by atoms with E-state index in [4.69, 9.17) is 4.74 Å². The number of carbonyl (C=O) groups excluding carboxylic acids is 2. The van der Waals surface area contributed by atoms with Gasteiger partial charge in [0.15, 0.2) is 0 Å². The van der Waals surface area contributed by atoms with Gasteiger partial charge >= 0.3 is 0 Å². The maximum Gasteiger partial charge on any atom is 0.246 e. The number of aromatic nitrogens is 4. The number of aliphatic hydroxyl groups excluding tert-OH is 1. The Hall–Kier alpha value is -3.88. The van der Waals surface area contributed by atoms with Crippen LogP contribution in [0.4, 0.5) is 5.69 Å². The van der Waals surface area contributed by atoms with E-state index in [2.05, 4.69) is 20.8 Å². The van der Waals surface area contributed by atoms with Crippen molar-refractivity contribution in [1.82, 2.24) is 29.4 Å². The van der Waals surface area contributed by atoms with Crippen LogP contribution in [0.2, 0.25) is 0 Å². The van der Waals surface area contributed by atoms with Gasteiger partial charge < -0.3 is 20.1 Å². The number of tetrazole rings is 1. The van der Waals surface area contributed by atoms with Gasteiger partial charge in [-0.25, -0.2) is 13.1 Å². The van der Waals surface area contributed by atoms with Gasteiger partial charge in [-0.1, -0.05) is 24.6 Å². The maximum absolute atomic E-state index is 13.4. The smallest absolute Gasteiger partial charge is 0.246 e. The van der Waals surface area contributed by atoms with Crippen LogP contribution in [0.5, 0.6) is 5.75 Å². The molecule has 13 nitrogen and oxygen atoms in total. The number of rotatable bonds is 9. The van der Waals surface area contributed by atoms with E-state index >= 15 is 0 Å². The Morgan fingerprint density at radius 3 is 2.63 bits per heavy atom. The highest BCUT2D eigenvalue weighted by Crippen LogP contribution is 2.30. The van der Waals surface area contributed by atoms with E-state index in [0.29, 0.717) is 17.0 Å². The monoisotopic (exact) mass is 585 g/mol. The molecule has 0 bridgehead atoms. The number of amides is 2. The van der Waals surface area contributed by atoms with Crippen molar-refractivity contribution in [1.29, 1.82) is 0 Å². The summed E-state index contributed by atoms with van der Waals surface area (Å²) in [5.41, 5.74) is 1.92. The fourth-order valence-electron chi connectivity index (χ4n) is 4.57. The van der Waals surface area contributed by atoms with Gasteiger partial charge in [-0.2, -0.15) is 4.31 Å². The van der Waals surface area contributed by atoms with Gasteiger partial charge in [0.1, 0.15) is 24.7 Å². The summed E-state index contributed by atoms with van der Waals surface area (Å²) in [5.74, 6) is -0.460. The first-order valence-electron chi connectivity index (χ1n) is 13.2. The maximum atomic E-state index is 13.4. The number of benzene rings is 2. The highest BCUT2D eigenvalue weighted by Gasteiger charge is 2.33. The number of fused-ring (bicyclic) bond motifs is 1. The molecule has 3 aromatic rings. The number of nitrogens with one attached hydrogen (secondary N) is 1. The number of carbonyl (C=O) groups is 2. The normalized spacial score (nSPS) is 18.6. The van der Waals surface area contributed by atoms with E-state index in [1.165, 1.54) is 22.4 Å². The van der Waals surface area contributed by atoms with Crippen LogP contribution in [0.15, 0.2) is 53.7 Å². The van der Waals surface area contributed by atoms with Gasteiger partial charge in [-0.15, -0.1) is 5.10 Å². The molecule has 14 heteroatoms. The number of likely N-dealkylation sites (N-methyl/N-ethyl adjacent to an activating group) is 1. The van der Waals surface area contributed by atoms with Crippen LogP contribution < -0.4 is 10.1 Å². The first-order chi connectivity index (χ1) is 19.5. The lowest BCUT2D eigenvalue weighted by molar-refractivity contribution is -0.134. The zero-order valence-electron chi connectivity index (χ0n) is 23.5. The van der Waals surface area contributed by atoms with Gasteiger partial charge in [0.05, 0.1) is 30.5 Å². The minimum atomic E-state index is -3.80. The Kier molecular flexibility index (Phi) is 9.35. The number of sulfonamides is 1. The predicted molar refractivity (Wildman–Crippen MR) is 149 cm³/mol. The molecule has 41 heavy (non-hydrogen) atoms. The molecule has 3 atom stereocenters. The van der Waals surface area contributed by atoms with Crippen molar-refractivity contribution < 1.29 is 27.9 Å². The molecule has 0 fully saturated rings. The molecular weight excluding hydrogens is 550 g/mol. The number of anilines is 1. The van der Waals surface area contributed by atoms with Crippen molar-refractivity contribution in [3.63, 3.8) is 0 Å². The van der Waals surface area contributed by atoms with Crippen LogP contribution in [-0.4, -0.2) is 93.6 Å². The first kappa shape index (κ1) is 30.1. The molecule has 2 heterocycles. The van der Waals surface area contributed by atoms with E-state index in [1.54, 1.807) is 54.3 Å². The van der Waals surface area contributed by atoms with Crippen LogP contribution in [-0.2, 0) is 32.6 Å². The Balaban J connectivity index is 1.62. The molecule has 2 N–H and O–H groups in total. The van der Waals surface area contributed by atoms with Crippen LogP contribution in [0.3, 0.4) is 0 Å². The minimum absolute atomic E-state index is 0.0246. The second kappa shape index (κ2) is 12.7. The SMILES string of the molecule is Cc1ccc(S(=O)(=O)N(C)C[C@H]2Oc3ccc(NC(=O)Cn4cnnn4)cc3CC(=O)N([C@@H](C)CO)C[C@@H]2C)cc1. The van der Waals surface area contributed by atoms with Crippen LogP contribution in [0.1, 0.15) is 25.0 Å². The number of hydrogen-bond donors (Lipinski definition) is 2. The third kappa shape index (κ3) is 7.26. The van der Waals surface area contributed by atoms with E-state index < -0.39 is 22.2 Å². The standard InChI is InChI=1S/C27H35N7O6S/c1-18-5-8-23(9-6-18)41(38,39)32(4)14-25-19(2)13-34(20(3)16-35)27(37)12-21-11-22(7-10-24(21)40-25)29-26(36)15-33-17-28-30-31-33/h5-11,17,19-20,25,35H,12-16H2,1-4H3,(H,29,36)/t19-,20-,25+/m0/s1. The number of hydrogen-bond acceptors (Lipinski definition) is 9. The number of aliphatic hydroxyl groups is 1. The molecule has 1 aliphatic heterocycles. The lowest BCUT2D eigenvalue weighted by Gasteiger charge is -2.33. The fraction of sp³-hybridized carbons (Fsp3) is 0.444. The van der Waals surface area contributed by atoms with Crippen LogP contribution in [0, 0.1) is 12.8 Å². The summed E-state index contributed by atoms with van der Waals surface area (Å²) in [6, 6.07) is 11.2. The summed E-state index contributed by atoms with van der Waals surface area (Å²) in [4.78, 5) is 27.7. The number of aryl methyl sites for hydroxylation is 1. The van der Waals surface area contributed by atoms with Gasteiger partial charge in [0, 0.05) is 30.8 Å². The molecule has 1 aromatic heterocycles. The van der Waals surface area contributed by atoms with Gasteiger partial charge in [-0.05, 0) is 54.6 Å². The van der Waals surface area contributed by atoms with Crippen molar-refractivity contribution in [2.24, 2.45) is 5.92 Å². The predicted octanol–water partition coefficient (Wildman–Crippen LogP) is 1.09. The van der Waals surface area contributed by atoms with Crippen molar-refractivity contribution >= 4 is 27.5 Å². The van der Waals surface area contributed by atoms with Crippen LogP contribution in [0.25, 0.3) is 0 Å². The van der Waals surface area contributed by atoms with Gasteiger partial charge in [-0.3, -0.25) is 9.59 Å². The van der Waals surface area contributed by atoms with E-state index in [0.717, 1.165) is 5.56 Å². The van der Waals surface area contributed by atoms with Crippen molar-refractivity contribution in [3.8, 4) is 5.75 Å². The molecule has 2 aromatic carbocycles. The molecule has 0 radical (unpaired) electrons. The molecular formula is C27H35N7O6S. The zero-order valence-corrected chi connectivity index (χ0v) is 24.3. The van der Waals surface area contributed by atoms with Crippen molar-refractivity contribution in [2.45, 2.75) is 50.8 Å². The van der Waals surface area contributed by atoms with Gasteiger partial charge in [0.2, 0.25) is 21.8 Å². The van der Waals surface area contributed by atoms with Crippen LogP contribution >= 0.6 is 0 Å². The summed E-state index contributed by atoms with van der Waals surface area (Å²) >= 11 is 0. The van der Waals surface area contributed by atoms with E-state index in [9.17, 15) is 23.1 Å². The second-order valence-corrected chi connectivity index (χ2v) is 12.4. The average molecular weight is 586 g/mol. The largest absolute Gasteiger partial charge is 0.488 e. The Morgan fingerprint density at radius 1 is 1.24 bits per heavy atom. The van der Waals surface area contributed by atoms with Crippen molar-refractivity contribution in [2.75, 3.05) is 32.1 Å². The topological polar surface area (TPSA) is 160 Å². The number of nitrogens with zero attached hydrogens (tertiary/aromatic N) is 6. The molecule has 2 amide bonds. The average Bonchev–Trinajstić information content (AvgIpc) is 3.45. The van der Waals surface area contributed by atoms with E-state index in [1.807, 2.05) is 13.8 Å². The fourth-order valence-corrected chi connectivity index (χ4v) is 5.75. The molecule has 220 valence electrons. The molecule has 0 saturated carbocycles. The lowest BCUT2D eigenvalue weighted by atomic mass is 10.0. The Labute approximate surface area is 239 Å². The highest BCUT2D eigenvalue weighted by molar-refractivity contribution is 7.89. The second-order valence-electron chi connectivity index (χ2n) is 10.4. The van der Waals surface area contributed by atoms with E-state index in [-0.39, 0.29) is 55.3 Å². The third-order valence-corrected chi connectivity index (χ3v) is 8.90. The quantitative estimate of drug-likeness (QED) is 0.375. The molecule has 1 aliphatic rings. The zero-order chi connectivity index (χ0) is 29.7. The number of ether oxygens (including phenoxy) is 1. The Morgan fingerprint density at radius 2 is 1.98 bits per heavy atom. The summed E-state index contributed by atoms with van der Waals surface area (Å²) in [7, 11) is -2.30. The van der Waals surface area contributed by atoms with Gasteiger partial charge in [0.25, 0.3) is 0 Å². The summed E-state index contributed by atoms with van der Waals surface area (Å²) in [6.07, 6.45) is 0.663.